The van der Waals surface area contributed by atoms with E-state index in [-0.39, 0.29) is 5.91 Å². The summed E-state index contributed by atoms with van der Waals surface area (Å²) in [5, 5.41) is 3.22. The number of amides is 1. The third-order valence-corrected chi connectivity index (χ3v) is 4.89. The van der Waals surface area contributed by atoms with E-state index in [0.29, 0.717) is 17.6 Å². The summed E-state index contributed by atoms with van der Waals surface area (Å²) < 4.78 is 0. The first-order valence-corrected chi connectivity index (χ1v) is 9.26. The van der Waals surface area contributed by atoms with Gasteiger partial charge in [0.15, 0.2) is 0 Å². The van der Waals surface area contributed by atoms with Crippen LogP contribution in [0, 0.1) is 0 Å². The van der Waals surface area contributed by atoms with Crippen molar-refractivity contribution in [2.75, 3.05) is 30.9 Å². The van der Waals surface area contributed by atoms with Gasteiger partial charge < -0.3 is 15.1 Å². The van der Waals surface area contributed by atoms with Gasteiger partial charge in [0, 0.05) is 38.1 Å². The Kier molecular flexibility index (Phi) is 5.71. The fraction of sp³-hybridized carbons (Fsp3) is 0.450. The van der Waals surface area contributed by atoms with Crippen LogP contribution in [0.1, 0.15) is 43.1 Å². The number of rotatable bonds is 5. The maximum absolute atomic E-state index is 12.7. The highest BCUT2D eigenvalue weighted by molar-refractivity contribution is 5.92. The normalized spacial score (nSPS) is 17.0. The number of carbonyl (C=O) groups is 1. The van der Waals surface area contributed by atoms with E-state index >= 15 is 0 Å². The number of hydrogen-bond donors (Lipinski definition) is 1. The SMILES string of the molecule is CCC1CCCCN1C(=O)c1cnc(Nc2ccc(N(C)C)cc2)cn1. The minimum Gasteiger partial charge on any atom is -0.378 e. The fourth-order valence-electron chi connectivity index (χ4n) is 3.33. The van der Waals surface area contributed by atoms with Gasteiger partial charge in [-0.05, 0) is 49.9 Å². The molecule has 1 aromatic heterocycles. The van der Waals surface area contributed by atoms with E-state index in [1.165, 1.54) is 6.42 Å². The smallest absolute Gasteiger partial charge is 0.274 e. The minimum absolute atomic E-state index is 0.00839. The van der Waals surface area contributed by atoms with E-state index in [0.717, 1.165) is 37.2 Å². The van der Waals surface area contributed by atoms with Crippen LogP contribution >= 0.6 is 0 Å². The number of benzene rings is 1. The molecule has 138 valence electrons. The topological polar surface area (TPSA) is 61.4 Å². The lowest BCUT2D eigenvalue weighted by Gasteiger charge is -2.34. The van der Waals surface area contributed by atoms with E-state index in [1.54, 1.807) is 12.4 Å². The third kappa shape index (κ3) is 4.12. The molecule has 1 aromatic carbocycles. The second-order valence-electron chi connectivity index (χ2n) is 6.91. The number of anilines is 3. The van der Waals surface area contributed by atoms with Crippen LogP contribution in [0.25, 0.3) is 0 Å². The summed E-state index contributed by atoms with van der Waals surface area (Å²) in [5.41, 5.74) is 2.49. The number of nitrogens with one attached hydrogen (secondary N) is 1. The molecule has 1 unspecified atom stereocenters. The van der Waals surface area contributed by atoms with Gasteiger partial charge in [-0.1, -0.05) is 6.92 Å². The molecule has 2 heterocycles. The van der Waals surface area contributed by atoms with Crippen LogP contribution in [0.4, 0.5) is 17.2 Å². The zero-order valence-electron chi connectivity index (χ0n) is 15.8. The largest absolute Gasteiger partial charge is 0.378 e. The van der Waals surface area contributed by atoms with Gasteiger partial charge in [-0.2, -0.15) is 0 Å². The summed E-state index contributed by atoms with van der Waals surface area (Å²) in [6.07, 6.45) is 7.53. The van der Waals surface area contributed by atoms with Gasteiger partial charge >= 0.3 is 0 Å². The second-order valence-corrected chi connectivity index (χ2v) is 6.91. The predicted octanol–water partition coefficient (Wildman–Crippen LogP) is 3.69. The molecule has 1 N–H and O–H groups in total. The number of piperidine rings is 1. The Labute approximate surface area is 155 Å². The Morgan fingerprint density at radius 2 is 1.96 bits per heavy atom. The van der Waals surface area contributed by atoms with E-state index < -0.39 is 0 Å². The highest BCUT2D eigenvalue weighted by atomic mass is 16.2. The standard InChI is InChI=1S/C20H27N5O/c1-4-16-7-5-6-12-25(16)20(26)18-13-22-19(14-21-18)23-15-8-10-17(11-9-15)24(2)3/h8-11,13-14,16H,4-7,12H2,1-3H3,(H,22,23). The van der Waals surface area contributed by atoms with Crippen molar-refractivity contribution in [1.82, 2.24) is 14.9 Å². The Balaban J connectivity index is 1.67. The molecular weight excluding hydrogens is 326 g/mol. The molecule has 6 nitrogen and oxygen atoms in total. The monoisotopic (exact) mass is 353 g/mol. The van der Waals surface area contributed by atoms with E-state index in [4.69, 9.17) is 0 Å². The average Bonchev–Trinajstić information content (AvgIpc) is 2.68. The van der Waals surface area contributed by atoms with Crippen LogP contribution < -0.4 is 10.2 Å². The quantitative estimate of drug-likeness (QED) is 0.888. The maximum atomic E-state index is 12.7. The second kappa shape index (κ2) is 8.17. The number of nitrogens with zero attached hydrogens (tertiary/aromatic N) is 4. The average molecular weight is 353 g/mol. The Morgan fingerprint density at radius 1 is 1.19 bits per heavy atom. The van der Waals surface area contributed by atoms with E-state index in [2.05, 4.69) is 22.2 Å². The van der Waals surface area contributed by atoms with Crippen molar-refractivity contribution in [2.24, 2.45) is 0 Å². The molecule has 26 heavy (non-hydrogen) atoms. The fourth-order valence-corrected chi connectivity index (χ4v) is 3.33. The molecule has 1 fully saturated rings. The lowest BCUT2D eigenvalue weighted by Crippen LogP contribution is -2.43. The molecule has 1 amide bonds. The molecule has 2 aromatic rings. The van der Waals surface area contributed by atoms with Crippen molar-refractivity contribution in [2.45, 2.75) is 38.6 Å². The molecule has 0 aliphatic carbocycles. The van der Waals surface area contributed by atoms with Crippen molar-refractivity contribution in [1.29, 1.82) is 0 Å². The summed E-state index contributed by atoms with van der Waals surface area (Å²) in [4.78, 5) is 25.5. The molecule has 0 spiro atoms. The predicted molar refractivity (Wildman–Crippen MR) is 105 cm³/mol. The summed E-state index contributed by atoms with van der Waals surface area (Å²) >= 11 is 0. The van der Waals surface area contributed by atoms with Crippen LogP contribution in [0.2, 0.25) is 0 Å². The zero-order chi connectivity index (χ0) is 18.5. The molecule has 3 rings (SSSR count). The van der Waals surface area contributed by atoms with E-state index in [1.807, 2.05) is 48.2 Å². The lowest BCUT2D eigenvalue weighted by molar-refractivity contribution is 0.0601. The molecule has 1 atom stereocenters. The summed E-state index contributed by atoms with van der Waals surface area (Å²) in [6.45, 7) is 2.95. The minimum atomic E-state index is -0.00839. The van der Waals surface area contributed by atoms with Crippen molar-refractivity contribution in [3.05, 3.63) is 42.4 Å². The van der Waals surface area contributed by atoms with Gasteiger partial charge in [0.05, 0.1) is 12.4 Å². The van der Waals surface area contributed by atoms with Crippen LogP contribution in [0.3, 0.4) is 0 Å². The van der Waals surface area contributed by atoms with Gasteiger partial charge in [-0.3, -0.25) is 4.79 Å². The molecule has 1 saturated heterocycles. The van der Waals surface area contributed by atoms with Crippen LogP contribution in [-0.4, -0.2) is 47.5 Å². The number of carbonyl (C=O) groups excluding carboxylic acids is 1. The zero-order valence-corrected chi connectivity index (χ0v) is 15.8. The summed E-state index contributed by atoms with van der Waals surface area (Å²) in [7, 11) is 4.02. The number of aromatic nitrogens is 2. The van der Waals surface area contributed by atoms with Crippen molar-refractivity contribution >= 4 is 23.1 Å². The molecule has 1 aliphatic heterocycles. The summed E-state index contributed by atoms with van der Waals surface area (Å²) in [5.74, 6) is 0.621. The van der Waals surface area contributed by atoms with Gasteiger partial charge in [0.25, 0.3) is 5.91 Å². The lowest BCUT2D eigenvalue weighted by atomic mass is 10.00. The first kappa shape index (κ1) is 18.2. The number of hydrogen-bond acceptors (Lipinski definition) is 5. The Morgan fingerprint density at radius 3 is 2.58 bits per heavy atom. The molecule has 6 heteroatoms. The number of likely N-dealkylation sites (tertiary alicyclic amines) is 1. The van der Waals surface area contributed by atoms with Gasteiger partial charge in [0.2, 0.25) is 0 Å². The van der Waals surface area contributed by atoms with Crippen LogP contribution in [-0.2, 0) is 0 Å². The van der Waals surface area contributed by atoms with Crippen LogP contribution in [0.15, 0.2) is 36.7 Å². The van der Waals surface area contributed by atoms with Gasteiger partial charge in [-0.25, -0.2) is 9.97 Å². The third-order valence-electron chi connectivity index (χ3n) is 4.89. The Hall–Kier alpha value is -2.63. The molecule has 1 aliphatic rings. The molecular formula is C20H27N5O. The summed E-state index contributed by atoms with van der Waals surface area (Å²) in [6, 6.07) is 8.39. The first-order chi connectivity index (χ1) is 12.6. The molecule has 0 saturated carbocycles. The first-order valence-electron chi connectivity index (χ1n) is 9.26. The maximum Gasteiger partial charge on any atom is 0.274 e. The van der Waals surface area contributed by atoms with Crippen molar-refractivity contribution in [3.63, 3.8) is 0 Å². The highest BCUT2D eigenvalue weighted by Gasteiger charge is 2.27. The van der Waals surface area contributed by atoms with Crippen molar-refractivity contribution in [3.8, 4) is 0 Å². The molecule has 0 bridgehead atoms. The van der Waals surface area contributed by atoms with E-state index in [9.17, 15) is 4.79 Å². The van der Waals surface area contributed by atoms with Gasteiger partial charge in [-0.15, -0.1) is 0 Å². The van der Waals surface area contributed by atoms with Crippen LogP contribution in [0.5, 0.6) is 0 Å². The Bertz CT molecular complexity index is 727. The highest BCUT2D eigenvalue weighted by Crippen LogP contribution is 2.22. The molecule has 0 radical (unpaired) electrons. The van der Waals surface area contributed by atoms with Gasteiger partial charge in [0.1, 0.15) is 11.5 Å². The van der Waals surface area contributed by atoms with Crippen molar-refractivity contribution < 1.29 is 4.79 Å².